The summed E-state index contributed by atoms with van der Waals surface area (Å²) in [5.41, 5.74) is 1.03. The van der Waals surface area contributed by atoms with Gasteiger partial charge in [-0.1, -0.05) is 48.6 Å². The van der Waals surface area contributed by atoms with Crippen LogP contribution in [-0.4, -0.2) is 31.3 Å². The van der Waals surface area contributed by atoms with Crippen LogP contribution in [-0.2, 0) is 30.5 Å². The molecule has 0 radical (unpaired) electrons. The minimum atomic E-state index is -4.07. The van der Waals surface area contributed by atoms with Crippen molar-refractivity contribution in [3.8, 4) is 0 Å². The molecule has 0 saturated heterocycles. The van der Waals surface area contributed by atoms with E-state index in [9.17, 15) is 13.0 Å². The van der Waals surface area contributed by atoms with E-state index < -0.39 is 15.7 Å². The summed E-state index contributed by atoms with van der Waals surface area (Å²) in [5.74, 6) is -0.346. The molecular formula is C14H17NO3PdS. The predicted octanol–water partition coefficient (Wildman–Crippen LogP) is 1.87. The summed E-state index contributed by atoms with van der Waals surface area (Å²) in [6, 6.07) is 9.58. The predicted molar refractivity (Wildman–Crippen MR) is 76.4 cm³/mol. The standard InChI is InChI=1S/C14H17NO3S.Pd/c1-15-14(11-19(16,17)18)10-6-5-9-13(14)12-7-3-2-4-8-12;/h2-9,15H,10-11H2,1H3,(H,16,17,18);. The van der Waals surface area contributed by atoms with E-state index in [1.54, 1.807) is 7.05 Å². The molecule has 0 saturated carbocycles. The van der Waals surface area contributed by atoms with Crippen LogP contribution in [0.1, 0.15) is 12.0 Å². The number of nitrogens with one attached hydrogen (secondary N) is 1. The van der Waals surface area contributed by atoms with E-state index in [4.69, 9.17) is 0 Å². The third-order valence-corrected chi connectivity index (χ3v) is 4.23. The van der Waals surface area contributed by atoms with Gasteiger partial charge in [-0.25, -0.2) is 0 Å². The second-order valence-electron chi connectivity index (χ2n) is 4.64. The molecule has 1 aromatic carbocycles. The van der Waals surface area contributed by atoms with Crippen molar-refractivity contribution in [2.75, 3.05) is 12.8 Å². The Balaban J connectivity index is 0.00000200. The molecule has 1 aliphatic rings. The molecule has 20 heavy (non-hydrogen) atoms. The maximum absolute atomic E-state index is 11.3. The zero-order valence-electron chi connectivity index (χ0n) is 11.0. The zero-order valence-corrected chi connectivity index (χ0v) is 13.4. The fourth-order valence-electron chi connectivity index (χ4n) is 2.45. The maximum atomic E-state index is 11.3. The Bertz CT molecular complexity index is 611. The van der Waals surface area contributed by atoms with Crippen LogP contribution in [0.4, 0.5) is 0 Å². The molecular weight excluding hydrogens is 369 g/mol. The molecule has 0 aliphatic heterocycles. The third kappa shape index (κ3) is 3.87. The van der Waals surface area contributed by atoms with Gasteiger partial charge in [-0.2, -0.15) is 8.42 Å². The first-order valence-corrected chi connectivity index (χ1v) is 7.65. The van der Waals surface area contributed by atoms with Crippen molar-refractivity contribution in [2.45, 2.75) is 12.0 Å². The largest absolute Gasteiger partial charge is 0.309 e. The van der Waals surface area contributed by atoms with Crippen LogP contribution in [0.3, 0.4) is 0 Å². The number of hydrogen-bond donors (Lipinski definition) is 2. The van der Waals surface area contributed by atoms with Gasteiger partial charge in [-0.05, 0) is 24.6 Å². The summed E-state index contributed by atoms with van der Waals surface area (Å²) >= 11 is 0. The van der Waals surface area contributed by atoms with Gasteiger partial charge in [0.05, 0.1) is 11.3 Å². The smallest absolute Gasteiger partial charge is 0.267 e. The molecule has 112 valence electrons. The van der Waals surface area contributed by atoms with Gasteiger partial charge in [0, 0.05) is 20.4 Å². The SMILES string of the molecule is CNC1(CS(=O)(=O)O)CC=CC=C1c1ccccc1.[Pd]. The van der Waals surface area contributed by atoms with Crippen LogP contribution in [0, 0.1) is 0 Å². The number of allylic oxidation sites excluding steroid dienone is 2. The van der Waals surface area contributed by atoms with Crippen molar-refractivity contribution in [3.05, 3.63) is 54.1 Å². The van der Waals surface area contributed by atoms with E-state index in [0.29, 0.717) is 6.42 Å². The summed E-state index contributed by atoms with van der Waals surface area (Å²) in [4.78, 5) is 0. The second-order valence-corrected chi connectivity index (χ2v) is 6.09. The molecule has 0 heterocycles. The average Bonchev–Trinajstić information content (AvgIpc) is 2.38. The van der Waals surface area contributed by atoms with E-state index >= 15 is 0 Å². The minimum Gasteiger partial charge on any atom is -0.309 e. The van der Waals surface area contributed by atoms with Gasteiger partial charge in [0.1, 0.15) is 0 Å². The van der Waals surface area contributed by atoms with Crippen molar-refractivity contribution < 1.29 is 33.4 Å². The number of rotatable bonds is 4. The normalized spacial score (nSPS) is 22.0. The summed E-state index contributed by atoms with van der Waals surface area (Å²) in [5, 5.41) is 3.06. The van der Waals surface area contributed by atoms with Crippen molar-refractivity contribution in [3.63, 3.8) is 0 Å². The first kappa shape index (κ1) is 17.3. The van der Waals surface area contributed by atoms with E-state index in [1.165, 1.54) is 0 Å². The van der Waals surface area contributed by atoms with Crippen molar-refractivity contribution in [2.24, 2.45) is 0 Å². The van der Waals surface area contributed by atoms with Gasteiger partial charge >= 0.3 is 0 Å². The number of likely N-dealkylation sites (N-methyl/N-ethyl adjacent to an activating group) is 1. The molecule has 2 rings (SSSR count). The fourth-order valence-corrected chi connectivity index (χ4v) is 3.49. The first-order chi connectivity index (χ1) is 8.97. The molecule has 0 aromatic heterocycles. The Morgan fingerprint density at radius 1 is 1.30 bits per heavy atom. The molecule has 1 atom stereocenters. The fraction of sp³-hybridized carbons (Fsp3) is 0.286. The Morgan fingerprint density at radius 3 is 2.50 bits per heavy atom. The van der Waals surface area contributed by atoms with E-state index in [-0.39, 0.29) is 26.2 Å². The minimum absolute atomic E-state index is 0. The molecule has 4 nitrogen and oxygen atoms in total. The molecule has 1 aliphatic carbocycles. The third-order valence-electron chi connectivity index (χ3n) is 3.37. The van der Waals surface area contributed by atoms with E-state index in [2.05, 4.69) is 5.32 Å². The van der Waals surface area contributed by atoms with Gasteiger partial charge in [0.25, 0.3) is 10.1 Å². The van der Waals surface area contributed by atoms with Crippen molar-refractivity contribution in [1.29, 1.82) is 0 Å². The second kappa shape index (κ2) is 6.79. The molecule has 0 spiro atoms. The van der Waals surface area contributed by atoms with Crippen LogP contribution >= 0.6 is 0 Å². The first-order valence-electron chi connectivity index (χ1n) is 6.04. The van der Waals surface area contributed by atoms with E-state index in [1.807, 2.05) is 48.6 Å². The Labute approximate surface area is 133 Å². The summed E-state index contributed by atoms with van der Waals surface area (Å²) in [6.45, 7) is 0. The Kier molecular flexibility index (Phi) is 5.87. The van der Waals surface area contributed by atoms with E-state index in [0.717, 1.165) is 11.1 Å². The zero-order chi connectivity index (χ0) is 13.9. The topological polar surface area (TPSA) is 66.4 Å². The Morgan fingerprint density at radius 2 is 1.95 bits per heavy atom. The van der Waals surface area contributed by atoms with Crippen molar-refractivity contribution in [1.82, 2.24) is 5.32 Å². The van der Waals surface area contributed by atoms with Gasteiger partial charge in [-0.3, -0.25) is 4.55 Å². The molecule has 6 heteroatoms. The summed E-state index contributed by atoms with van der Waals surface area (Å²) in [7, 11) is -2.36. The van der Waals surface area contributed by atoms with Crippen molar-refractivity contribution >= 4 is 15.7 Å². The summed E-state index contributed by atoms with van der Waals surface area (Å²) in [6.07, 6.45) is 6.21. The molecule has 1 unspecified atom stereocenters. The number of hydrogen-bond acceptors (Lipinski definition) is 3. The molecule has 1 aromatic rings. The monoisotopic (exact) mass is 385 g/mol. The van der Waals surface area contributed by atoms with Crippen LogP contribution in [0.5, 0.6) is 0 Å². The van der Waals surface area contributed by atoms with Crippen LogP contribution in [0.15, 0.2) is 48.6 Å². The van der Waals surface area contributed by atoms with Gasteiger partial charge in [0.15, 0.2) is 0 Å². The number of benzene rings is 1. The molecule has 0 bridgehead atoms. The molecule has 0 amide bonds. The average molecular weight is 386 g/mol. The Hall–Kier alpha value is -0.768. The molecule has 0 fully saturated rings. The summed E-state index contributed by atoms with van der Waals surface area (Å²) < 4.78 is 31.8. The van der Waals surface area contributed by atoms with Crippen LogP contribution < -0.4 is 5.32 Å². The van der Waals surface area contributed by atoms with Crippen LogP contribution in [0.25, 0.3) is 5.57 Å². The van der Waals surface area contributed by atoms with Crippen LogP contribution in [0.2, 0.25) is 0 Å². The van der Waals surface area contributed by atoms with Gasteiger partial charge in [-0.15, -0.1) is 0 Å². The molecule has 2 N–H and O–H groups in total. The maximum Gasteiger partial charge on any atom is 0.267 e. The van der Waals surface area contributed by atoms with Gasteiger partial charge in [0.2, 0.25) is 0 Å². The quantitative estimate of drug-likeness (QED) is 0.613. The van der Waals surface area contributed by atoms with Gasteiger partial charge < -0.3 is 5.32 Å².